The van der Waals surface area contributed by atoms with Gasteiger partial charge >= 0.3 is 0 Å². The van der Waals surface area contributed by atoms with Crippen LogP contribution in [0.2, 0.25) is 0 Å². The maximum Gasteiger partial charge on any atom is 0.234 e. The number of ether oxygens (including phenoxy) is 1. The molecule has 3 nitrogen and oxygen atoms in total. The summed E-state index contributed by atoms with van der Waals surface area (Å²) in [5.74, 6) is 1.26. The molecule has 0 spiro atoms. The Morgan fingerprint density at radius 2 is 1.91 bits per heavy atom. The van der Waals surface area contributed by atoms with Gasteiger partial charge in [0, 0.05) is 10.6 Å². The van der Waals surface area contributed by atoms with Crippen LogP contribution < -0.4 is 10.1 Å². The van der Waals surface area contributed by atoms with Crippen molar-refractivity contribution in [2.24, 2.45) is 0 Å². The van der Waals surface area contributed by atoms with Crippen molar-refractivity contribution in [2.45, 2.75) is 24.2 Å². The third kappa shape index (κ3) is 3.63. The number of anilines is 1. The van der Waals surface area contributed by atoms with Crippen LogP contribution in [-0.4, -0.2) is 18.8 Å². The van der Waals surface area contributed by atoms with Crippen molar-refractivity contribution in [3.8, 4) is 5.75 Å². The van der Waals surface area contributed by atoms with Crippen LogP contribution in [0.15, 0.2) is 47.4 Å². The smallest absolute Gasteiger partial charge is 0.234 e. The molecule has 0 aliphatic heterocycles. The molecule has 0 heterocycles. The molecular weight excluding hydrogens is 294 g/mol. The molecular formula is C18H19NO2S. The number of hydrogen-bond donors (Lipinski definition) is 1. The lowest BCUT2D eigenvalue weighted by atomic mass is 10.1. The summed E-state index contributed by atoms with van der Waals surface area (Å²) in [7, 11) is 1.65. The molecule has 0 saturated carbocycles. The maximum atomic E-state index is 12.1. The van der Waals surface area contributed by atoms with E-state index in [0.29, 0.717) is 5.75 Å². The molecule has 4 heteroatoms. The van der Waals surface area contributed by atoms with E-state index >= 15 is 0 Å². The molecule has 0 radical (unpaired) electrons. The highest BCUT2D eigenvalue weighted by Gasteiger charge is 2.11. The molecule has 1 aliphatic carbocycles. The second kappa shape index (κ2) is 6.88. The van der Waals surface area contributed by atoms with Crippen LogP contribution in [0.25, 0.3) is 0 Å². The fourth-order valence-corrected chi connectivity index (χ4v) is 3.37. The van der Waals surface area contributed by atoms with Gasteiger partial charge in [0.15, 0.2) is 0 Å². The number of thioether (sulfide) groups is 1. The zero-order valence-electron chi connectivity index (χ0n) is 12.6. The van der Waals surface area contributed by atoms with Gasteiger partial charge in [-0.15, -0.1) is 11.8 Å². The standard InChI is InChI=1S/C18H19NO2S/c1-21-16-7-9-17(10-8-16)22-12-18(20)19-15-6-5-13-3-2-4-14(13)11-15/h5-11H,2-4,12H2,1H3,(H,19,20). The molecule has 0 saturated heterocycles. The molecule has 1 amide bonds. The molecule has 0 atom stereocenters. The van der Waals surface area contributed by atoms with E-state index in [1.165, 1.54) is 29.3 Å². The van der Waals surface area contributed by atoms with Crippen LogP contribution in [-0.2, 0) is 17.6 Å². The number of amides is 1. The lowest BCUT2D eigenvalue weighted by Crippen LogP contribution is -2.14. The summed E-state index contributed by atoms with van der Waals surface area (Å²) < 4.78 is 5.12. The Bertz CT molecular complexity index is 667. The molecule has 0 fully saturated rings. The van der Waals surface area contributed by atoms with Gasteiger partial charge in [-0.25, -0.2) is 0 Å². The Balaban J connectivity index is 1.53. The van der Waals surface area contributed by atoms with Crippen LogP contribution in [0.3, 0.4) is 0 Å². The van der Waals surface area contributed by atoms with Gasteiger partial charge in [-0.3, -0.25) is 4.79 Å². The van der Waals surface area contributed by atoms with Crippen molar-refractivity contribution < 1.29 is 9.53 Å². The van der Waals surface area contributed by atoms with E-state index in [1.807, 2.05) is 30.3 Å². The number of carbonyl (C=O) groups excluding carboxylic acids is 1. The van der Waals surface area contributed by atoms with Gasteiger partial charge in [0.2, 0.25) is 5.91 Å². The molecule has 0 bridgehead atoms. The van der Waals surface area contributed by atoms with Gasteiger partial charge in [0.1, 0.15) is 5.75 Å². The fraction of sp³-hybridized carbons (Fsp3) is 0.278. The van der Waals surface area contributed by atoms with Crippen molar-refractivity contribution in [1.82, 2.24) is 0 Å². The van der Waals surface area contributed by atoms with Crippen molar-refractivity contribution in [3.05, 3.63) is 53.6 Å². The summed E-state index contributed by atoms with van der Waals surface area (Å²) in [6.45, 7) is 0. The number of rotatable bonds is 5. The molecule has 1 aliphatic rings. The Morgan fingerprint density at radius 3 is 2.68 bits per heavy atom. The fourth-order valence-electron chi connectivity index (χ4n) is 2.67. The minimum Gasteiger partial charge on any atom is -0.497 e. The average Bonchev–Trinajstić information content (AvgIpc) is 3.01. The number of benzene rings is 2. The van der Waals surface area contributed by atoms with Crippen molar-refractivity contribution in [1.29, 1.82) is 0 Å². The van der Waals surface area contributed by atoms with Gasteiger partial charge in [-0.2, -0.15) is 0 Å². The summed E-state index contributed by atoms with van der Waals surface area (Å²) >= 11 is 1.52. The van der Waals surface area contributed by atoms with Crippen LogP contribution in [0.5, 0.6) is 5.75 Å². The zero-order chi connectivity index (χ0) is 15.4. The van der Waals surface area contributed by atoms with Crippen molar-refractivity contribution in [2.75, 3.05) is 18.2 Å². The van der Waals surface area contributed by atoms with E-state index in [9.17, 15) is 4.79 Å². The maximum absolute atomic E-state index is 12.1. The summed E-state index contributed by atoms with van der Waals surface area (Å²) in [5.41, 5.74) is 3.70. The third-order valence-electron chi connectivity index (χ3n) is 3.81. The van der Waals surface area contributed by atoms with Gasteiger partial charge in [0.05, 0.1) is 12.9 Å². The van der Waals surface area contributed by atoms with Crippen molar-refractivity contribution >= 4 is 23.4 Å². The number of methoxy groups -OCH3 is 1. The first-order valence-electron chi connectivity index (χ1n) is 7.43. The van der Waals surface area contributed by atoms with Gasteiger partial charge < -0.3 is 10.1 Å². The van der Waals surface area contributed by atoms with Gasteiger partial charge in [0.25, 0.3) is 0 Å². The van der Waals surface area contributed by atoms with Gasteiger partial charge in [-0.05, 0) is 66.8 Å². The summed E-state index contributed by atoms with van der Waals surface area (Å²) in [6, 6.07) is 14.0. The first-order valence-corrected chi connectivity index (χ1v) is 8.41. The van der Waals surface area contributed by atoms with E-state index in [-0.39, 0.29) is 5.91 Å². The number of carbonyl (C=O) groups is 1. The SMILES string of the molecule is COc1ccc(SCC(=O)Nc2ccc3c(c2)CCC3)cc1. The van der Waals surface area contributed by atoms with E-state index in [4.69, 9.17) is 4.74 Å². The molecule has 22 heavy (non-hydrogen) atoms. The molecule has 2 aromatic carbocycles. The molecule has 114 valence electrons. The Morgan fingerprint density at radius 1 is 1.14 bits per heavy atom. The van der Waals surface area contributed by atoms with E-state index in [0.717, 1.165) is 29.2 Å². The second-order valence-corrected chi connectivity index (χ2v) is 6.40. The van der Waals surface area contributed by atoms with E-state index < -0.39 is 0 Å². The largest absolute Gasteiger partial charge is 0.497 e. The van der Waals surface area contributed by atoms with Crippen LogP contribution in [0.1, 0.15) is 17.5 Å². The average molecular weight is 313 g/mol. The first kappa shape index (κ1) is 15.0. The minimum absolute atomic E-state index is 0.0266. The highest BCUT2D eigenvalue weighted by atomic mass is 32.2. The third-order valence-corrected chi connectivity index (χ3v) is 4.82. The van der Waals surface area contributed by atoms with E-state index in [2.05, 4.69) is 17.4 Å². The Kier molecular flexibility index (Phi) is 4.68. The number of nitrogens with one attached hydrogen (secondary N) is 1. The predicted octanol–water partition coefficient (Wildman–Crippen LogP) is 3.91. The highest BCUT2D eigenvalue weighted by molar-refractivity contribution is 8.00. The normalized spacial score (nSPS) is 12.8. The second-order valence-electron chi connectivity index (χ2n) is 5.35. The van der Waals surface area contributed by atoms with Crippen LogP contribution in [0.4, 0.5) is 5.69 Å². The van der Waals surface area contributed by atoms with E-state index in [1.54, 1.807) is 7.11 Å². The molecule has 1 N–H and O–H groups in total. The lowest BCUT2D eigenvalue weighted by molar-refractivity contribution is -0.113. The summed E-state index contributed by atoms with van der Waals surface area (Å²) in [6.07, 6.45) is 3.51. The topological polar surface area (TPSA) is 38.3 Å². The quantitative estimate of drug-likeness (QED) is 0.850. The molecule has 2 aromatic rings. The van der Waals surface area contributed by atoms with Gasteiger partial charge in [-0.1, -0.05) is 6.07 Å². The summed E-state index contributed by atoms with van der Waals surface area (Å²) in [5, 5.41) is 2.98. The predicted molar refractivity (Wildman–Crippen MR) is 90.8 cm³/mol. The zero-order valence-corrected chi connectivity index (χ0v) is 13.4. The molecule has 0 aromatic heterocycles. The lowest BCUT2D eigenvalue weighted by Gasteiger charge is -2.08. The number of hydrogen-bond acceptors (Lipinski definition) is 3. The highest BCUT2D eigenvalue weighted by Crippen LogP contribution is 2.25. The molecule has 0 unspecified atom stereocenters. The minimum atomic E-state index is 0.0266. The van der Waals surface area contributed by atoms with Crippen LogP contribution >= 0.6 is 11.8 Å². The summed E-state index contributed by atoms with van der Waals surface area (Å²) in [4.78, 5) is 13.1. The Labute approximate surface area is 135 Å². The first-order chi connectivity index (χ1) is 10.7. The van der Waals surface area contributed by atoms with Crippen LogP contribution in [0, 0.1) is 0 Å². The Hall–Kier alpha value is -1.94. The monoisotopic (exact) mass is 313 g/mol. The van der Waals surface area contributed by atoms with Crippen molar-refractivity contribution in [3.63, 3.8) is 0 Å². The molecule has 3 rings (SSSR count). The number of fused-ring (bicyclic) bond motifs is 1. The number of aryl methyl sites for hydroxylation is 2.